The third-order valence-corrected chi connectivity index (χ3v) is 5.83. The molecule has 1 aliphatic rings. The summed E-state index contributed by atoms with van der Waals surface area (Å²) in [5.41, 5.74) is -0.205. The maximum absolute atomic E-state index is 14.7. The molecule has 29 heavy (non-hydrogen) atoms. The molecular weight excluding hydrogens is 378 g/mol. The molecule has 0 radical (unpaired) electrons. The number of nitrogens with one attached hydrogen (secondary N) is 2. The van der Waals surface area contributed by atoms with E-state index >= 15 is 0 Å². The van der Waals surface area contributed by atoms with Crippen LogP contribution in [0.25, 0.3) is 22.4 Å². The Hall–Kier alpha value is -2.65. The number of fused-ring (bicyclic) bond motifs is 1. The molecule has 1 saturated heterocycles. The van der Waals surface area contributed by atoms with Gasteiger partial charge in [0, 0.05) is 37.3 Å². The van der Waals surface area contributed by atoms with Gasteiger partial charge in [-0.3, -0.25) is 5.10 Å². The lowest BCUT2D eigenvalue weighted by atomic mass is 9.84. The highest BCUT2D eigenvalue weighted by atomic mass is 19.1. The molecule has 1 fully saturated rings. The number of aliphatic hydroxyl groups is 1. The van der Waals surface area contributed by atoms with Gasteiger partial charge in [0.2, 0.25) is 0 Å². The Labute approximate surface area is 167 Å². The van der Waals surface area contributed by atoms with Crippen LogP contribution >= 0.6 is 0 Å². The van der Waals surface area contributed by atoms with Crippen molar-refractivity contribution in [3.8, 4) is 11.4 Å². The van der Waals surface area contributed by atoms with Crippen molar-refractivity contribution in [3.63, 3.8) is 0 Å². The first-order chi connectivity index (χ1) is 13.8. The Balaban J connectivity index is 1.73. The van der Waals surface area contributed by atoms with Crippen LogP contribution in [-0.4, -0.2) is 56.5 Å². The second kappa shape index (κ2) is 7.31. The lowest BCUT2D eigenvalue weighted by Gasteiger charge is -2.43. The maximum atomic E-state index is 14.7. The number of piperazine rings is 1. The Morgan fingerprint density at radius 1 is 1.31 bits per heavy atom. The van der Waals surface area contributed by atoms with Crippen molar-refractivity contribution in [2.75, 3.05) is 24.5 Å². The summed E-state index contributed by atoms with van der Waals surface area (Å²) in [6.07, 6.45) is 1.59. The van der Waals surface area contributed by atoms with E-state index in [4.69, 9.17) is 0 Å². The Kier molecular flexibility index (Phi) is 4.95. The molecular formula is C20H24F2N6O. The van der Waals surface area contributed by atoms with Crippen LogP contribution in [-0.2, 0) is 0 Å². The monoisotopic (exact) mass is 402 g/mol. The zero-order valence-corrected chi connectivity index (χ0v) is 16.6. The first kappa shape index (κ1) is 19.7. The molecule has 0 aliphatic carbocycles. The summed E-state index contributed by atoms with van der Waals surface area (Å²) in [5, 5.41) is 21.6. The highest BCUT2D eigenvalue weighted by Crippen LogP contribution is 2.31. The maximum Gasteiger partial charge on any atom is 0.181 e. The van der Waals surface area contributed by atoms with E-state index in [9.17, 15) is 13.9 Å². The summed E-state index contributed by atoms with van der Waals surface area (Å²) in [4.78, 5) is 10.2. The third kappa shape index (κ3) is 3.44. The quantitative estimate of drug-likeness (QED) is 0.621. The topological polar surface area (TPSA) is 90.0 Å². The molecule has 0 saturated carbocycles. The molecule has 1 aliphatic heterocycles. The van der Waals surface area contributed by atoms with E-state index < -0.39 is 17.2 Å². The highest BCUT2D eigenvalue weighted by Gasteiger charge is 2.38. The number of halogens is 2. The van der Waals surface area contributed by atoms with E-state index in [1.54, 1.807) is 30.2 Å². The fourth-order valence-electron chi connectivity index (χ4n) is 3.62. The number of hydrogen-bond acceptors (Lipinski definition) is 6. The van der Waals surface area contributed by atoms with E-state index in [-0.39, 0.29) is 23.5 Å². The normalized spacial score (nSPS) is 19.7. The molecule has 0 bridgehead atoms. The summed E-state index contributed by atoms with van der Waals surface area (Å²) < 4.78 is 29.3. The van der Waals surface area contributed by atoms with Crippen LogP contribution < -0.4 is 10.2 Å². The van der Waals surface area contributed by atoms with Crippen LogP contribution in [0.5, 0.6) is 0 Å². The number of nitrogens with zero attached hydrogens (tertiary/aromatic N) is 4. The van der Waals surface area contributed by atoms with Gasteiger partial charge in [-0.1, -0.05) is 13.8 Å². The second-order valence-electron chi connectivity index (χ2n) is 7.93. The number of pyridine rings is 2. The number of anilines is 1. The molecule has 4 heterocycles. The largest absolute Gasteiger partial charge is 0.388 e. The van der Waals surface area contributed by atoms with Crippen LogP contribution in [0.1, 0.15) is 20.8 Å². The van der Waals surface area contributed by atoms with E-state index in [1.165, 1.54) is 0 Å². The molecule has 2 atom stereocenters. The molecule has 0 unspecified atom stereocenters. The van der Waals surface area contributed by atoms with Gasteiger partial charge in [-0.25, -0.2) is 18.7 Å². The van der Waals surface area contributed by atoms with Gasteiger partial charge in [0.1, 0.15) is 5.69 Å². The minimum atomic E-state index is -0.983. The van der Waals surface area contributed by atoms with E-state index in [0.29, 0.717) is 36.4 Å². The SMILES string of the molecule is CC(C)[C@](C)(O)[C@@H]1CN(c2nc(-c3[nH]nc4ncccc34)c(F)cc2F)CCN1. The Morgan fingerprint density at radius 2 is 2.10 bits per heavy atom. The molecule has 0 aromatic carbocycles. The first-order valence-corrected chi connectivity index (χ1v) is 9.65. The molecule has 0 spiro atoms. The van der Waals surface area contributed by atoms with Crippen LogP contribution in [0.4, 0.5) is 14.6 Å². The second-order valence-corrected chi connectivity index (χ2v) is 7.93. The Morgan fingerprint density at radius 3 is 2.86 bits per heavy atom. The molecule has 0 amide bonds. The average molecular weight is 402 g/mol. The minimum absolute atomic E-state index is 0.00499. The van der Waals surface area contributed by atoms with Crippen LogP contribution in [0, 0.1) is 17.6 Å². The zero-order valence-electron chi connectivity index (χ0n) is 16.6. The van der Waals surface area contributed by atoms with Crippen molar-refractivity contribution >= 4 is 16.9 Å². The predicted molar refractivity (Wildman–Crippen MR) is 107 cm³/mol. The minimum Gasteiger partial charge on any atom is -0.388 e. The van der Waals surface area contributed by atoms with E-state index in [2.05, 4.69) is 25.5 Å². The van der Waals surface area contributed by atoms with Crippen molar-refractivity contribution in [2.24, 2.45) is 5.92 Å². The molecule has 3 aromatic rings. The number of rotatable bonds is 4. The van der Waals surface area contributed by atoms with Gasteiger partial charge < -0.3 is 15.3 Å². The smallest absolute Gasteiger partial charge is 0.181 e. The van der Waals surface area contributed by atoms with Crippen molar-refractivity contribution in [3.05, 3.63) is 36.0 Å². The lowest BCUT2D eigenvalue weighted by molar-refractivity contribution is -0.0232. The van der Waals surface area contributed by atoms with E-state index in [1.807, 2.05) is 13.8 Å². The van der Waals surface area contributed by atoms with Gasteiger partial charge in [0.15, 0.2) is 23.1 Å². The molecule has 4 rings (SSSR count). The van der Waals surface area contributed by atoms with E-state index in [0.717, 1.165) is 6.07 Å². The van der Waals surface area contributed by atoms with Crippen LogP contribution in [0.15, 0.2) is 24.4 Å². The molecule has 3 N–H and O–H groups in total. The van der Waals surface area contributed by atoms with Crippen LogP contribution in [0.3, 0.4) is 0 Å². The summed E-state index contributed by atoms with van der Waals surface area (Å²) in [6, 6.07) is 4.05. The number of H-pyrrole nitrogens is 1. The molecule has 9 heteroatoms. The molecule has 154 valence electrons. The summed E-state index contributed by atoms with van der Waals surface area (Å²) in [6.45, 7) is 7.04. The van der Waals surface area contributed by atoms with Crippen molar-refractivity contribution in [2.45, 2.75) is 32.4 Å². The van der Waals surface area contributed by atoms with Crippen LogP contribution in [0.2, 0.25) is 0 Å². The van der Waals surface area contributed by atoms with Gasteiger partial charge in [-0.15, -0.1) is 0 Å². The molecule has 7 nitrogen and oxygen atoms in total. The summed E-state index contributed by atoms with van der Waals surface area (Å²) >= 11 is 0. The predicted octanol–water partition coefficient (Wildman–Crippen LogP) is 2.48. The molecule has 3 aromatic heterocycles. The number of hydrogen-bond donors (Lipinski definition) is 3. The lowest BCUT2D eigenvalue weighted by Crippen LogP contribution is -2.62. The summed E-state index contributed by atoms with van der Waals surface area (Å²) in [5.74, 6) is -1.45. The van der Waals surface area contributed by atoms with Gasteiger partial charge in [0.05, 0.1) is 17.3 Å². The third-order valence-electron chi connectivity index (χ3n) is 5.83. The number of aromatic nitrogens is 4. The standard InChI is InChI=1S/C20H24F2N6O/c1-11(2)20(3,29)15-10-28(8-7-23-15)19-14(22)9-13(21)17(25-19)16-12-5-4-6-24-18(12)27-26-16/h4-6,9,11,15,23,29H,7-8,10H2,1-3H3,(H,24,26,27)/t15-,20-/m0/s1. The fourth-order valence-corrected chi connectivity index (χ4v) is 3.62. The van der Waals surface area contributed by atoms with Crippen molar-refractivity contribution in [1.82, 2.24) is 25.5 Å². The van der Waals surface area contributed by atoms with Crippen molar-refractivity contribution in [1.29, 1.82) is 0 Å². The number of aromatic amines is 1. The van der Waals surface area contributed by atoms with Gasteiger partial charge in [0.25, 0.3) is 0 Å². The van der Waals surface area contributed by atoms with Gasteiger partial charge in [-0.2, -0.15) is 5.10 Å². The summed E-state index contributed by atoms with van der Waals surface area (Å²) in [7, 11) is 0. The first-order valence-electron chi connectivity index (χ1n) is 9.65. The van der Waals surface area contributed by atoms with Gasteiger partial charge >= 0.3 is 0 Å². The zero-order chi connectivity index (χ0) is 20.8. The Bertz CT molecular complexity index is 1030. The fraction of sp³-hybridized carbons (Fsp3) is 0.450. The average Bonchev–Trinajstić information content (AvgIpc) is 3.12. The van der Waals surface area contributed by atoms with Gasteiger partial charge in [-0.05, 0) is 25.0 Å². The highest BCUT2D eigenvalue weighted by molar-refractivity contribution is 5.89. The van der Waals surface area contributed by atoms with Crippen molar-refractivity contribution < 1.29 is 13.9 Å².